The van der Waals surface area contributed by atoms with Crippen LogP contribution in [0.4, 0.5) is 5.88 Å². The summed E-state index contributed by atoms with van der Waals surface area (Å²) >= 11 is 0. The summed E-state index contributed by atoms with van der Waals surface area (Å²) in [7, 11) is 0. The molecule has 29 heavy (non-hydrogen) atoms. The van der Waals surface area contributed by atoms with Gasteiger partial charge in [-0.1, -0.05) is 67.6 Å². The molecule has 0 N–H and O–H groups in total. The smallest absolute Gasteiger partial charge is 0.234 e. The summed E-state index contributed by atoms with van der Waals surface area (Å²) in [5.41, 5.74) is 3.01. The number of benzene rings is 2. The highest BCUT2D eigenvalue weighted by molar-refractivity contribution is 5.48. The molecule has 3 aromatic rings. The Morgan fingerprint density at radius 3 is 2.07 bits per heavy atom. The van der Waals surface area contributed by atoms with Crippen molar-refractivity contribution in [3.05, 3.63) is 83.4 Å². The van der Waals surface area contributed by atoms with E-state index in [1.807, 2.05) is 0 Å². The summed E-state index contributed by atoms with van der Waals surface area (Å²) in [4.78, 5) is 9.03. The first kappa shape index (κ1) is 19.2. The Morgan fingerprint density at radius 2 is 1.55 bits per heavy atom. The van der Waals surface area contributed by atoms with E-state index in [0.29, 0.717) is 17.5 Å². The molecule has 5 heteroatoms. The van der Waals surface area contributed by atoms with Gasteiger partial charge in [-0.25, -0.2) is 4.98 Å². The highest BCUT2D eigenvalue weighted by Gasteiger charge is 2.29. The number of aromatic nitrogens is 1. The third-order valence-electron chi connectivity index (χ3n) is 5.42. The van der Waals surface area contributed by atoms with E-state index in [-0.39, 0.29) is 6.04 Å². The van der Waals surface area contributed by atoms with Crippen LogP contribution < -0.4 is 4.90 Å². The van der Waals surface area contributed by atoms with Crippen molar-refractivity contribution in [3.8, 4) is 6.07 Å². The van der Waals surface area contributed by atoms with Gasteiger partial charge in [-0.3, -0.25) is 4.90 Å². The highest BCUT2D eigenvalue weighted by atomic mass is 16.4. The van der Waals surface area contributed by atoms with Crippen molar-refractivity contribution < 1.29 is 4.42 Å². The lowest BCUT2D eigenvalue weighted by Gasteiger charge is -2.39. The molecule has 1 aromatic heterocycles. The molecule has 148 valence electrons. The number of nitrogens with zero attached hydrogens (tertiary/aromatic N) is 4. The van der Waals surface area contributed by atoms with Gasteiger partial charge in [0, 0.05) is 32.6 Å². The Bertz CT molecular complexity index is 914. The molecule has 1 fully saturated rings. The number of rotatable bonds is 6. The second kappa shape index (κ2) is 8.93. The lowest BCUT2D eigenvalue weighted by Crippen LogP contribution is -2.48. The SMILES string of the molecule is CCCc1nc(C#N)c(N2CCN(C(c3ccccc3)c3ccccc3)CC2)o1. The van der Waals surface area contributed by atoms with Crippen molar-refractivity contribution in [1.82, 2.24) is 9.88 Å². The number of aryl methyl sites for hydroxylation is 1. The molecule has 0 unspecified atom stereocenters. The van der Waals surface area contributed by atoms with Crippen LogP contribution >= 0.6 is 0 Å². The van der Waals surface area contributed by atoms with Gasteiger partial charge >= 0.3 is 0 Å². The molecule has 0 spiro atoms. The minimum absolute atomic E-state index is 0.223. The summed E-state index contributed by atoms with van der Waals surface area (Å²) in [6.45, 7) is 5.49. The van der Waals surface area contributed by atoms with E-state index in [0.717, 1.165) is 39.0 Å². The van der Waals surface area contributed by atoms with E-state index in [1.165, 1.54) is 11.1 Å². The second-order valence-electron chi connectivity index (χ2n) is 7.37. The van der Waals surface area contributed by atoms with Crippen molar-refractivity contribution >= 4 is 5.88 Å². The Balaban J connectivity index is 1.54. The molecule has 0 aliphatic carbocycles. The first-order valence-electron chi connectivity index (χ1n) is 10.3. The van der Waals surface area contributed by atoms with Crippen molar-refractivity contribution in [2.45, 2.75) is 25.8 Å². The largest absolute Gasteiger partial charge is 0.424 e. The molecule has 2 aromatic carbocycles. The van der Waals surface area contributed by atoms with E-state index >= 15 is 0 Å². The fraction of sp³-hybridized carbons (Fsp3) is 0.333. The van der Waals surface area contributed by atoms with Crippen molar-refractivity contribution in [2.24, 2.45) is 0 Å². The Morgan fingerprint density at radius 1 is 0.966 bits per heavy atom. The van der Waals surface area contributed by atoms with E-state index < -0.39 is 0 Å². The molecule has 0 bridgehead atoms. The quantitative estimate of drug-likeness (QED) is 0.628. The fourth-order valence-corrected chi connectivity index (χ4v) is 4.03. The van der Waals surface area contributed by atoms with Crippen LogP contribution in [0.3, 0.4) is 0 Å². The normalized spacial score (nSPS) is 14.9. The summed E-state index contributed by atoms with van der Waals surface area (Å²) in [6, 6.07) is 23.7. The van der Waals surface area contributed by atoms with Crippen LogP contribution in [0.5, 0.6) is 0 Å². The first-order chi connectivity index (χ1) is 14.3. The molecule has 0 saturated carbocycles. The summed E-state index contributed by atoms with van der Waals surface area (Å²) in [6.07, 6.45) is 1.72. The topological polar surface area (TPSA) is 56.3 Å². The molecule has 5 nitrogen and oxygen atoms in total. The predicted molar refractivity (Wildman–Crippen MR) is 114 cm³/mol. The lowest BCUT2D eigenvalue weighted by molar-refractivity contribution is 0.209. The average Bonchev–Trinajstić information content (AvgIpc) is 3.19. The van der Waals surface area contributed by atoms with Crippen LogP contribution in [0.25, 0.3) is 0 Å². The van der Waals surface area contributed by atoms with E-state index in [1.54, 1.807) is 0 Å². The Labute approximate surface area is 172 Å². The minimum atomic E-state index is 0.223. The zero-order chi connectivity index (χ0) is 20.1. The number of anilines is 1. The minimum Gasteiger partial charge on any atom is -0.424 e. The summed E-state index contributed by atoms with van der Waals surface area (Å²) < 4.78 is 5.92. The number of hydrogen-bond acceptors (Lipinski definition) is 5. The third-order valence-corrected chi connectivity index (χ3v) is 5.42. The molecular weight excluding hydrogens is 360 g/mol. The zero-order valence-corrected chi connectivity index (χ0v) is 16.8. The molecule has 0 radical (unpaired) electrons. The molecule has 0 atom stereocenters. The number of piperazine rings is 1. The second-order valence-corrected chi connectivity index (χ2v) is 7.37. The van der Waals surface area contributed by atoms with Crippen LogP contribution in [0.15, 0.2) is 65.1 Å². The molecule has 1 aliphatic rings. The lowest BCUT2D eigenvalue weighted by atomic mass is 9.96. The maximum Gasteiger partial charge on any atom is 0.234 e. The van der Waals surface area contributed by atoms with Crippen LogP contribution in [-0.2, 0) is 6.42 Å². The molecule has 0 amide bonds. The van der Waals surface area contributed by atoms with E-state index in [4.69, 9.17) is 4.42 Å². The van der Waals surface area contributed by atoms with Crippen molar-refractivity contribution in [1.29, 1.82) is 5.26 Å². The molecule has 2 heterocycles. The molecule has 4 rings (SSSR count). The monoisotopic (exact) mass is 386 g/mol. The van der Waals surface area contributed by atoms with E-state index in [9.17, 15) is 5.26 Å². The van der Waals surface area contributed by atoms with Gasteiger partial charge < -0.3 is 9.32 Å². The standard InChI is InChI=1S/C24H26N4O/c1-2-9-22-26-21(18-25)24(29-22)28-16-14-27(15-17-28)23(19-10-5-3-6-11-19)20-12-7-4-8-13-20/h3-8,10-13,23H,2,9,14-17H2,1H3. The van der Waals surface area contributed by atoms with Gasteiger partial charge in [0.1, 0.15) is 6.07 Å². The first-order valence-corrected chi connectivity index (χ1v) is 10.3. The molecule has 1 aliphatic heterocycles. The number of oxazole rings is 1. The summed E-state index contributed by atoms with van der Waals surface area (Å²) in [5, 5.41) is 9.46. The van der Waals surface area contributed by atoms with Gasteiger partial charge in [-0.15, -0.1) is 0 Å². The van der Waals surface area contributed by atoms with Crippen LogP contribution in [-0.4, -0.2) is 36.1 Å². The molecular formula is C24H26N4O. The van der Waals surface area contributed by atoms with Crippen molar-refractivity contribution in [2.75, 3.05) is 31.1 Å². The highest BCUT2D eigenvalue weighted by Crippen LogP contribution is 2.31. The average molecular weight is 386 g/mol. The summed E-state index contributed by atoms with van der Waals surface area (Å²) in [5.74, 6) is 1.29. The maximum atomic E-state index is 9.46. The third kappa shape index (κ3) is 4.18. The number of nitriles is 1. The van der Waals surface area contributed by atoms with Gasteiger partial charge in [0.05, 0.1) is 6.04 Å². The van der Waals surface area contributed by atoms with Crippen LogP contribution in [0.1, 0.15) is 42.1 Å². The van der Waals surface area contributed by atoms with Gasteiger partial charge in [0.15, 0.2) is 5.89 Å². The van der Waals surface area contributed by atoms with Gasteiger partial charge in [0.2, 0.25) is 11.6 Å². The van der Waals surface area contributed by atoms with Crippen LogP contribution in [0.2, 0.25) is 0 Å². The van der Waals surface area contributed by atoms with Gasteiger partial charge in [-0.05, 0) is 17.5 Å². The van der Waals surface area contributed by atoms with Crippen LogP contribution in [0, 0.1) is 11.3 Å². The predicted octanol–water partition coefficient (Wildman–Crippen LogP) is 4.41. The maximum absolute atomic E-state index is 9.46. The Kier molecular flexibility index (Phi) is 5.92. The van der Waals surface area contributed by atoms with Gasteiger partial charge in [-0.2, -0.15) is 5.26 Å². The fourth-order valence-electron chi connectivity index (χ4n) is 4.03. The van der Waals surface area contributed by atoms with E-state index in [2.05, 4.69) is 88.4 Å². The Hall–Kier alpha value is -3.10. The van der Waals surface area contributed by atoms with Crippen molar-refractivity contribution in [3.63, 3.8) is 0 Å². The zero-order valence-electron chi connectivity index (χ0n) is 16.8. The number of hydrogen-bond donors (Lipinski definition) is 0. The molecule has 1 saturated heterocycles. The van der Waals surface area contributed by atoms with Gasteiger partial charge in [0.25, 0.3) is 0 Å².